The van der Waals surface area contributed by atoms with Gasteiger partial charge in [-0.1, -0.05) is 24.6 Å². The zero-order valence-corrected chi connectivity index (χ0v) is 15.9. The molecule has 3 aromatic heterocycles. The van der Waals surface area contributed by atoms with Gasteiger partial charge in [-0.05, 0) is 41.3 Å². The highest BCUT2D eigenvalue weighted by atomic mass is 35.5. The molecule has 142 valence electrons. The summed E-state index contributed by atoms with van der Waals surface area (Å²) < 4.78 is 0. The Balaban J connectivity index is 1.65. The van der Waals surface area contributed by atoms with Crippen LogP contribution < -0.4 is 5.32 Å². The van der Waals surface area contributed by atoms with Crippen LogP contribution in [0.1, 0.15) is 22.8 Å². The average Bonchev–Trinajstić information content (AvgIpc) is 3.16. The summed E-state index contributed by atoms with van der Waals surface area (Å²) in [7, 11) is 0. The molecular formula is C20H18ClN5O2. The largest absolute Gasteiger partial charge is 0.346 e. The molecule has 0 radical (unpaired) electrons. The number of pyridine rings is 2. The van der Waals surface area contributed by atoms with E-state index in [-0.39, 0.29) is 11.8 Å². The minimum absolute atomic E-state index is 0.0730. The van der Waals surface area contributed by atoms with E-state index in [9.17, 15) is 9.59 Å². The van der Waals surface area contributed by atoms with E-state index in [0.29, 0.717) is 41.7 Å². The highest BCUT2D eigenvalue weighted by Gasteiger charge is 2.26. The van der Waals surface area contributed by atoms with Crippen LogP contribution in [0.2, 0.25) is 5.15 Å². The van der Waals surface area contributed by atoms with Gasteiger partial charge in [0.05, 0.1) is 5.56 Å². The molecule has 0 aliphatic carbocycles. The first kappa shape index (κ1) is 18.2. The number of H-pyrrole nitrogens is 1. The fourth-order valence-corrected chi connectivity index (χ4v) is 3.66. The fraction of sp³-hybridized carbons (Fsp3) is 0.200. The van der Waals surface area contributed by atoms with Crippen LogP contribution in [0.5, 0.6) is 0 Å². The first-order valence-corrected chi connectivity index (χ1v) is 9.24. The number of carbonyl (C=O) groups excluding carboxylic acids is 2. The average molecular weight is 396 g/mol. The number of hydrogen-bond donors (Lipinski definition) is 2. The van der Waals surface area contributed by atoms with E-state index in [0.717, 1.165) is 16.5 Å². The first-order valence-electron chi connectivity index (χ1n) is 8.86. The van der Waals surface area contributed by atoms with Gasteiger partial charge in [0.25, 0.3) is 5.91 Å². The number of halogens is 1. The second-order valence-electron chi connectivity index (χ2n) is 6.70. The number of aromatic nitrogens is 3. The summed E-state index contributed by atoms with van der Waals surface area (Å²) in [6, 6.07) is 7.13. The number of carbonyl (C=O) groups is 2. The summed E-state index contributed by atoms with van der Waals surface area (Å²) in [5, 5.41) is 3.96. The van der Waals surface area contributed by atoms with Crippen molar-refractivity contribution in [3.63, 3.8) is 0 Å². The maximum Gasteiger partial charge on any atom is 0.255 e. The van der Waals surface area contributed by atoms with Crippen molar-refractivity contribution in [1.82, 2.24) is 19.9 Å². The minimum atomic E-state index is -0.0730. The van der Waals surface area contributed by atoms with Crippen LogP contribution in [0, 0.1) is 5.92 Å². The van der Waals surface area contributed by atoms with E-state index in [1.54, 1.807) is 17.0 Å². The van der Waals surface area contributed by atoms with Crippen molar-refractivity contribution in [2.24, 2.45) is 5.92 Å². The van der Waals surface area contributed by atoms with Crippen molar-refractivity contribution < 1.29 is 9.59 Å². The van der Waals surface area contributed by atoms with Gasteiger partial charge in [-0.3, -0.25) is 9.59 Å². The molecule has 0 saturated carbocycles. The Morgan fingerprint density at radius 2 is 2.25 bits per heavy atom. The molecule has 1 unspecified atom stereocenters. The molecule has 4 rings (SSSR count). The number of anilines is 1. The topological polar surface area (TPSA) is 91.0 Å². The van der Waals surface area contributed by atoms with E-state index < -0.39 is 0 Å². The van der Waals surface area contributed by atoms with E-state index in [1.165, 1.54) is 6.20 Å². The van der Waals surface area contributed by atoms with E-state index in [2.05, 4.69) is 33.3 Å². The number of fused-ring (bicyclic) bond motifs is 1. The fourth-order valence-electron chi connectivity index (χ4n) is 3.55. The highest BCUT2D eigenvalue weighted by molar-refractivity contribution is 6.29. The van der Waals surface area contributed by atoms with Gasteiger partial charge in [-0.15, -0.1) is 0 Å². The van der Waals surface area contributed by atoms with Gasteiger partial charge in [0.2, 0.25) is 6.41 Å². The molecule has 0 saturated heterocycles. The molecule has 0 fully saturated rings. The molecule has 1 aliphatic rings. The van der Waals surface area contributed by atoms with E-state index in [4.69, 9.17) is 11.6 Å². The van der Waals surface area contributed by atoms with Crippen molar-refractivity contribution in [3.05, 3.63) is 59.0 Å². The number of hydrogen-bond acceptors (Lipinski definition) is 4. The number of aromatic amines is 1. The lowest BCUT2D eigenvalue weighted by Gasteiger charge is -2.31. The third-order valence-corrected chi connectivity index (χ3v) is 5.09. The summed E-state index contributed by atoms with van der Waals surface area (Å²) in [5.74, 6) is 0.525. The Morgan fingerprint density at radius 3 is 2.96 bits per heavy atom. The Morgan fingerprint density at radius 1 is 1.39 bits per heavy atom. The normalized spacial score (nSPS) is 16.7. The lowest BCUT2D eigenvalue weighted by Crippen LogP contribution is -2.38. The Hall–Kier alpha value is -3.19. The zero-order valence-electron chi connectivity index (χ0n) is 15.1. The number of nitrogens with one attached hydrogen (secondary N) is 2. The molecule has 1 atom stereocenters. The predicted molar refractivity (Wildman–Crippen MR) is 108 cm³/mol. The Kier molecular flexibility index (Phi) is 4.83. The maximum atomic E-state index is 12.8. The van der Waals surface area contributed by atoms with Crippen molar-refractivity contribution in [2.75, 3.05) is 18.4 Å². The van der Waals surface area contributed by atoms with Crippen LogP contribution in [-0.4, -0.2) is 45.3 Å². The quantitative estimate of drug-likeness (QED) is 0.523. The Bertz CT molecular complexity index is 1070. The molecule has 0 bridgehead atoms. The van der Waals surface area contributed by atoms with Crippen LogP contribution in [0.3, 0.4) is 0 Å². The molecule has 0 aromatic carbocycles. The predicted octanol–water partition coefficient (Wildman–Crippen LogP) is 3.36. The van der Waals surface area contributed by atoms with Crippen molar-refractivity contribution >= 4 is 46.3 Å². The van der Waals surface area contributed by atoms with Crippen LogP contribution in [0.25, 0.3) is 16.6 Å². The number of nitrogens with zero attached hydrogens (tertiary/aromatic N) is 3. The molecule has 8 heteroatoms. The van der Waals surface area contributed by atoms with E-state index >= 15 is 0 Å². The van der Waals surface area contributed by atoms with Gasteiger partial charge in [0, 0.05) is 30.9 Å². The van der Waals surface area contributed by atoms with Gasteiger partial charge in [-0.2, -0.15) is 0 Å². The third kappa shape index (κ3) is 3.36. The van der Waals surface area contributed by atoms with Gasteiger partial charge in [0.15, 0.2) is 0 Å². The van der Waals surface area contributed by atoms with Crippen molar-refractivity contribution in [1.29, 1.82) is 0 Å². The number of amides is 2. The summed E-state index contributed by atoms with van der Waals surface area (Å²) in [5.41, 5.74) is 3.35. The lowest BCUT2D eigenvalue weighted by molar-refractivity contribution is -0.105. The lowest BCUT2D eigenvalue weighted by atomic mass is 9.89. The molecule has 2 N–H and O–H groups in total. The molecule has 1 aliphatic heterocycles. The second-order valence-corrected chi connectivity index (χ2v) is 7.08. The second kappa shape index (κ2) is 7.44. The van der Waals surface area contributed by atoms with Crippen LogP contribution in [0.4, 0.5) is 5.82 Å². The summed E-state index contributed by atoms with van der Waals surface area (Å²) in [6.07, 6.45) is 5.99. The van der Waals surface area contributed by atoms with Crippen LogP contribution in [-0.2, 0) is 4.79 Å². The van der Waals surface area contributed by atoms with E-state index in [1.807, 2.05) is 18.3 Å². The zero-order chi connectivity index (χ0) is 19.7. The highest BCUT2D eigenvalue weighted by Crippen LogP contribution is 2.33. The first-order chi connectivity index (χ1) is 13.6. The summed E-state index contributed by atoms with van der Waals surface area (Å²) >= 11 is 5.81. The van der Waals surface area contributed by atoms with Crippen molar-refractivity contribution in [3.8, 4) is 0 Å². The standard InChI is InChI=1S/C20H18ClN5O2/c1-12-10-26(20(28)13-2-3-17(21)23-9-13)7-5-14(12)16-8-18(24-11-27)25-19-15(16)4-6-22-19/h2-6,8-9,11-12H,7,10H2,1H3,(H2,22,24,25,27). The summed E-state index contributed by atoms with van der Waals surface area (Å²) in [4.78, 5) is 36.9. The summed E-state index contributed by atoms with van der Waals surface area (Å²) in [6.45, 7) is 3.15. The van der Waals surface area contributed by atoms with Gasteiger partial charge < -0.3 is 15.2 Å². The van der Waals surface area contributed by atoms with Gasteiger partial charge in [0.1, 0.15) is 16.6 Å². The molecule has 28 heavy (non-hydrogen) atoms. The third-order valence-electron chi connectivity index (χ3n) is 4.86. The van der Waals surface area contributed by atoms with Crippen LogP contribution in [0.15, 0.2) is 42.7 Å². The molecule has 2 amide bonds. The van der Waals surface area contributed by atoms with Crippen molar-refractivity contribution in [2.45, 2.75) is 6.92 Å². The molecule has 4 heterocycles. The SMILES string of the molecule is CC1CN(C(=O)c2ccc(Cl)nc2)CC=C1c1cc(NC=O)nc2[nH]ccc12. The molecule has 7 nitrogen and oxygen atoms in total. The molecule has 0 spiro atoms. The smallest absolute Gasteiger partial charge is 0.255 e. The minimum Gasteiger partial charge on any atom is -0.346 e. The monoisotopic (exact) mass is 395 g/mol. The molecular weight excluding hydrogens is 378 g/mol. The Labute approximate surface area is 166 Å². The van der Waals surface area contributed by atoms with Crippen LogP contribution >= 0.6 is 11.6 Å². The molecule has 3 aromatic rings. The van der Waals surface area contributed by atoms with Gasteiger partial charge in [-0.25, -0.2) is 9.97 Å². The maximum absolute atomic E-state index is 12.8. The van der Waals surface area contributed by atoms with Gasteiger partial charge >= 0.3 is 0 Å². The number of rotatable bonds is 4.